The highest BCUT2D eigenvalue weighted by Gasteiger charge is 2.22. The quantitative estimate of drug-likeness (QED) is 0.771. The fourth-order valence-corrected chi connectivity index (χ4v) is 2.23. The molecule has 1 aliphatic heterocycles. The van der Waals surface area contributed by atoms with Gasteiger partial charge in [-0.15, -0.1) is 0 Å². The first-order valence-corrected chi connectivity index (χ1v) is 6.19. The maximum atomic E-state index is 11.5. The molecule has 0 radical (unpaired) electrons. The zero-order chi connectivity index (χ0) is 13.8. The zero-order valence-electron chi connectivity index (χ0n) is 11.5. The predicted octanol–water partition coefficient (Wildman–Crippen LogP) is 1.31. The lowest BCUT2D eigenvalue weighted by Gasteiger charge is -2.19. The summed E-state index contributed by atoms with van der Waals surface area (Å²) in [6.45, 7) is 2.10. The molecule has 1 atom stereocenters. The Labute approximate surface area is 113 Å². The predicted molar refractivity (Wildman–Crippen MR) is 70.4 cm³/mol. The fourth-order valence-electron chi connectivity index (χ4n) is 2.23. The van der Waals surface area contributed by atoms with Crippen molar-refractivity contribution >= 4 is 5.97 Å². The van der Waals surface area contributed by atoms with Gasteiger partial charge in [-0.05, 0) is 19.2 Å². The number of benzene rings is 1. The molecule has 1 aromatic rings. The Morgan fingerprint density at radius 2 is 2.26 bits per heavy atom. The van der Waals surface area contributed by atoms with Crippen molar-refractivity contribution in [2.45, 2.75) is 12.6 Å². The third-order valence-corrected chi connectivity index (χ3v) is 3.09. The topological polar surface area (TPSA) is 48.0 Å². The second kappa shape index (κ2) is 6.04. The minimum absolute atomic E-state index is 0.0378. The van der Waals surface area contributed by atoms with Crippen LogP contribution in [0.3, 0.4) is 0 Å². The maximum absolute atomic E-state index is 11.5. The van der Waals surface area contributed by atoms with E-state index in [0.717, 1.165) is 24.4 Å². The summed E-state index contributed by atoms with van der Waals surface area (Å²) in [4.78, 5) is 13.7. The molecule has 0 bridgehead atoms. The van der Waals surface area contributed by atoms with E-state index in [-0.39, 0.29) is 12.1 Å². The molecule has 1 aliphatic rings. The van der Waals surface area contributed by atoms with Crippen LogP contribution < -0.4 is 4.74 Å². The fraction of sp³-hybridized carbons (Fsp3) is 0.500. The standard InChI is InChI=1S/C14H19NO4/c1-15-7-11-5-4-10(14(16)18-3)6-13(11)19-12(8-15)9-17-2/h4-6,12H,7-9H2,1-3H3/t12-/m1/s1. The number of fused-ring (bicyclic) bond motifs is 1. The molecule has 0 spiro atoms. The second-order valence-electron chi connectivity index (χ2n) is 4.71. The number of hydrogen-bond acceptors (Lipinski definition) is 5. The van der Waals surface area contributed by atoms with E-state index in [1.807, 2.05) is 13.1 Å². The highest BCUT2D eigenvalue weighted by Crippen LogP contribution is 2.26. The monoisotopic (exact) mass is 265 g/mol. The summed E-state index contributed by atoms with van der Waals surface area (Å²) in [7, 11) is 5.06. The van der Waals surface area contributed by atoms with Gasteiger partial charge in [0.1, 0.15) is 11.9 Å². The SMILES string of the molecule is COC[C@H]1CN(C)Cc2ccc(C(=O)OC)cc2O1. The van der Waals surface area contributed by atoms with Crippen LogP contribution in [0, 0.1) is 0 Å². The summed E-state index contributed by atoms with van der Waals surface area (Å²) < 4.78 is 15.8. The number of ether oxygens (including phenoxy) is 3. The molecular weight excluding hydrogens is 246 g/mol. The smallest absolute Gasteiger partial charge is 0.337 e. The van der Waals surface area contributed by atoms with Gasteiger partial charge in [-0.25, -0.2) is 4.79 Å². The summed E-state index contributed by atoms with van der Waals surface area (Å²) in [5.41, 5.74) is 1.57. The Morgan fingerprint density at radius 1 is 1.47 bits per heavy atom. The first-order chi connectivity index (χ1) is 9.13. The van der Waals surface area contributed by atoms with Crippen molar-refractivity contribution in [2.75, 3.05) is 34.4 Å². The number of methoxy groups -OCH3 is 2. The van der Waals surface area contributed by atoms with Gasteiger partial charge in [0.25, 0.3) is 0 Å². The zero-order valence-corrected chi connectivity index (χ0v) is 11.5. The Hall–Kier alpha value is -1.59. The third-order valence-electron chi connectivity index (χ3n) is 3.09. The highest BCUT2D eigenvalue weighted by atomic mass is 16.5. The highest BCUT2D eigenvalue weighted by molar-refractivity contribution is 5.89. The minimum Gasteiger partial charge on any atom is -0.486 e. The first kappa shape index (κ1) is 13.8. The lowest BCUT2D eigenvalue weighted by Crippen LogP contribution is -2.33. The summed E-state index contributed by atoms with van der Waals surface area (Å²) in [5, 5.41) is 0. The van der Waals surface area contributed by atoms with Crippen LogP contribution in [0.2, 0.25) is 0 Å². The normalized spacial score (nSPS) is 19.2. The molecular formula is C14H19NO4. The average Bonchev–Trinajstić information content (AvgIpc) is 2.54. The van der Waals surface area contributed by atoms with Gasteiger partial charge in [0.2, 0.25) is 0 Å². The van der Waals surface area contributed by atoms with Crippen molar-refractivity contribution < 1.29 is 19.0 Å². The van der Waals surface area contributed by atoms with Crippen LogP contribution in [-0.4, -0.2) is 51.4 Å². The molecule has 0 unspecified atom stereocenters. The molecule has 1 heterocycles. The van der Waals surface area contributed by atoms with E-state index in [2.05, 4.69) is 4.90 Å². The molecule has 0 aliphatic carbocycles. The Morgan fingerprint density at radius 3 is 2.95 bits per heavy atom. The lowest BCUT2D eigenvalue weighted by molar-refractivity contribution is 0.0594. The van der Waals surface area contributed by atoms with Crippen molar-refractivity contribution in [3.05, 3.63) is 29.3 Å². The van der Waals surface area contributed by atoms with Gasteiger partial charge in [0.05, 0.1) is 19.3 Å². The maximum Gasteiger partial charge on any atom is 0.337 e. The number of esters is 1. The van der Waals surface area contributed by atoms with Gasteiger partial charge in [0, 0.05) is 25.8 Å². The van der Waals surface area contributed by atoms with E-state index >= 15 is 0 Å². The minimum atomic E-state index is -0.354. The lowest BCUT2D eigenvalue weighted by atomic mass is 10.1. The first-order valence-electron chi connectivity index (χ1n) is 6.19. The number of carbonyl (C=O) groups excluding carboxylic acids is 1. The van der Waals surface area contributed by atoms with E-state index < -0.39 is 0 Å². The van der Waals surface area contributed by atoms with Crippen LogP contribution in [0.4, 0.5) is 0 Å². The summed E-state index contributed by atoms with van der Waals surface area (Å²) in [6.07, 6.45) is -0.0378. The van der Waals surface area contributed by atoms with Gasteiger partial charge in [-0.1, -0.05) is 6.07 Å². The molecule has 0 saturated heterocycles. The Balaban J connectivity index is 2.28. The van der Waals surface area contributed by atoms with Crippen LogP contribution >= 0.6 is 0 Å². The molecule has 104 valence electrons. The van der Waals surface area contributed by atoms with E-state index in [0.29, 0.717) is 12.2 Å². The third kappa shape index (κ3) is 3.24. The summed E-state index contributed by atoms with van der Waals surface area (Å²) in [5.74, 6) is 0.376. The van der Waals surface area contributed by atoms with Crippen molar-refractivity contribution in [1.82, 2.24) is 4.90 Å². The van der Waals surface area contributed by atoms with Crippen LogP contribution in [0.1, 0.15) is 15.9 Å². The van der Waals surface area contributed by atoms with E-state index in [1.165, 1.54) is 7.11 Å². The molecule has 1 aromatic carbocycles. The van der Waals surface area contributed by atoms with Crippen LogP contribution in [0.5, 0.6) is 5.75 Å². The molecule has 0 amide bonds. The van der Waals surface area contributed by atoms with E-state index in [9.17, 15) is 4.79 Å². The summed E-state index contributed by atoms with van der Waals surface area (Å²) in [6, 6.07) is 5.41. The molecule has 5 nitrogen and oxygen atoms in total. The second-order valence-corrected chi connectivity index (χ2v) is 4.71. The van der Waals surface area contributed by atoms with Gasteiger partial charge in [-0.3, -0.25) is 4.90 Å². The summed E-state index contributed by atoms with van der Waals surface area (Å²) >= 11 is 0. The van der Waals surface area contributed by atoms with Gasteiger partial charge in [0.15, 0.2) is 0 Å². The van der Waals surface area contributed by atoms with Crippen LogP contribution in [-0.2, 0) is 16.0 Å². The van der Waals surface area contributed by atoms with Crippen molar-refractivity contribution in [1.29, 1.82) is 0 Å². The molecule has 0 aromatic heterocycles. The Bertz CT molecular complexity index is 461. The van der Waals surface area contributed by atoms with Gasteiger partial charge in [-0.2, -0.15) is 0 Å². The van der Waals surface area contributed by atoms with E-state index in [1.54, 1.807) is 19.2 Å². The molecule has 0 saturated carbocycles. The van der Waals surface area contributed by atoms with Gasteiger partial charge >= 0.3 is 5.97 Å². The van der Waals surface area contributed by atoms with Crippen molar-refractivity contribution in [3.8, 4) is 5.75 Å². The largest absolute Gasteiger partial charge is 0.486 e. The van der Waals surface area contributed by atoms with Gasteiger partial charge < -0.3 is 14.2 Å². The Kier molecular flexibility index (Phi) is 4.39. The number of nitrogens with zero attached hydrogens (tertiary/aromatic N) is 1. The number of carbonyl (C=O) groups is 1. The number of likely N-dealkylation sites (N-methyl/N-ethyl adjacent to an activating group) is 1. The molecule has 2 rings (SSSR count). The molecule has 0 N–H and O–H groups in total. The van der Waals surface area contributed by atoms with Crippen molar-refractivity contribution in [3.63, 3.8) is 0 Å². The van der Waals surface area contributed by atoms with Crippen LogP contribution in [0.25, 0.3) is 0 Å². The van der Waals surface area contributed by atoms with E-state index in [4.69, 9.17) is 14.2 Å². The average molecular weight is 265 g/mol. The van der Waals surface area contributed by atoms with Crippen LogP contribution in [0.15, 0.2) is 18.2 Å². The molecule has 19 heavy (non-hydrogen) atoms. The molecule has 5 heteroatoms. The molecule has 0 fully saturated rings. The number of hydrogen-bond donors (Lipinski definition) is 0. The van der Waals surface area contributed by atoms with Crippen molar-refractivity contribution in [2.24, 2.45) is 0 Å². The number of rotatable bonds is 3.